The van der Waals surface area contributed by atoms with E-state index < -0.39 is 5.97 Å². The number of likely N-dealkylation sites (tertiary alicyclic amines) is 1. The van der Waals surface area contributed by atoms with Gasteiger partial charge >= 0.3 is 5.97 Å². The first-order chi connectivity index (χ1) is 24.7. The molecule has 0 radical (unpaired) electrons. The summed E-state index contributed by atoms with van der Waals surface area (Å²) in [6.07, 6.45) is 9.30. The number of nitrogens with one attached hydrogen (secondary N) is 2. The SMILES string of the molecule is Cc1c(Cc2nccc3cc(CNCC(=O)O)cnc23)cccc1-c1cccc(Nc2nccc3cc(CN4CC[C@H](N(C)C)C4)cnc23)c1C.S. The molecule has 0 amide bonds. The van der Waals surface area contributed by atoms with Crippen molar-refractivity contribution >= 4 is 52.8 Å². The van der Waals surface area contributed by atoms with Crippen molar-refractivity contribution in [1.82, 2.24) is 35.1 Å². The molecule has 1 atom stereocenters. The van der Waals surface area contributed by atoms with Gasteiger partial charge in [0.2, 0.25) is 0 Å². The normalized spacial score (nSPS) is 14.6. The number of hydrogen-bond donors (Lipinski definition) is 3. The molecular formula is C41H46N8O2S. The summed E-state index contributed by atoms with van der Waals surface area (Å²) < 4.78 is 0. The number of pyridine rings is 4. The van der Waals surface area contributed by atoms with Gasteiger partial charge in [0.05, 0.1) is 17.8 Å². The summed E-state index contributed by atoms with van der Waals surface area (Å²) in [5.74, 6) is -0.139. The lowest BCUT2D eigenvalue weighted by Crippen LogP contribution is -2.31. The van der Waals surface area contributed by atoms with Crippen LogP contribution in [0, 0.1) is 13.8 Å². The number of anilines is 2. The van der Waals surface area contributed by atoms with Gasteiger partial charge in [-0.05, 0) is 104 Å². The molecule has 7 rings (SSSR count). The fourth-order valence-corrected chi connectivity index (χ4v) is 7.16. The first kappa shape index (κ1) is 36.8. The Hall–Kier alpha value is -4.94. The highest BCUT2D eigenvalue weighted by atomic mass is 32.1. The molecule has 0 spiro atoms. The van der Waals surface area contributed by atoms with E-state index >= 15 is 0 Å². The van der Waals surface area contributed by atoms with Crippen LogP contribution in [0.25, 0.3) is 32.9 Å². The maximum absolute atomic E-state index is 10.9. The molecule has 10 nitrogen and oxygen atoms in total. The molecule has 52 heavy (non-hydrogen) atoms. The number of likely N-dealkylation sites (N-methyl/N-ethyl adjacent to an activating group) is 1. The third kappa shape index (κ3) is 8.08. The zero-order chi connectivity index (χ0) is 35.5. The molecule has 0 saturated carbocycles. The Bertz CT molecular complexity index is 2230. The predicted molar refractivity (Wildman–Crippen MR) is 214 cm³/mol. The quantitative estimate of drug-likeness (QED) is 0.128. The Morgan fingerprint density at radius 1 is 0.885 bits per heavy atom. The molecule has 4 aromatic heterocycles. The topological polar surface area (TPSA) is 119 Å². The van der Waals surface area contributed by atoms with Gasteiger partial charge in [0.1, 0.15) is 5.52 Å². The molecule has 5 heterocycles. The molecule has 6 aromatic rings. The summed E-state index contributed by atoms with van der Waals surface area (Å²) in [7, 11) is 4.33. The Morgan fingerprint density at radius 2 is 1.58 bits per heavy atom. The average Bonchev–Trinajstić information content (AvgIpc) is 3.59. The van der Waals surface area contributed by atoms with Crippen molar-refractivity contribution in [3.63, 3.8) is 0 Å². The molecule has 0 aliphatic carbocycles. The maximum atomic E-state index is 10.9. The van der Waals surface area contributed by atoms with Crippen LogP contribution in [-0.4, -0.2) is 80.6 Å². The molecule has 268 valence electrons. The molecule has 1 saturated heterocycles. The van der Waals surface area contributed by atoms with Crippen molar-refractivity contribution in [1.29, 1.82) is 0 Å². The van der Waals surface area contributed by atoms with E-state index in [0.29, 0.717) is 19.0 Å². The fraction of sp³-hybridized carbons (Fsp3) is 0.293. The van der Waals surface area contributed by atoms with Gasteiger partial charge < -0.3 is 20.6 Å². The first-order valence-electron chi connectivity index (χ1n) is 17.5. The number of carboxylic acid groups (broad SMARTS) is 1. The van der Waals surface area contributed by atoms with Gasteiger partial charge in [0.15, 0.2) is 5.82 Å². The molecule has 0 unspecified atom stereocenters. The minimum Gasteiger partial charge on any atom is -0.480 e. The van der Waals surface area contributed by atoms with E-state index in [1.54, 1.807) is 6.20 Å². The van der Waals surface area contributed by atoms with E-state index in [0.717, 1.165) is 75.3 Å². The molecular weight excluding hydrogens is 669 g/mol. The summed E-state index contributed by atoms with van der Waals surface area (Å²) in [6, 6.07) is 21.7. The second-order valence-electron chi connectivity index (χ2n) is 13.8. The Morgan fingerprint density at radius 3 is 2.35 bits per heavy atom. The number of nitrogens with zero attached hydrogens (tertiary/aromatic N) is 6. The van der Waals surface area contributed by atoms with Gasteiger partial charge in [-0.15, -0.1) is 0 Å². The zero-order valence-corrected chi connectivity index (χ0v) is 31.1. The first-order valence-corrected chi connectivity index (χ1v) is 17.5. The van der Waals surface area contributed by atoms with E-state index in [4.69, 9.17) is 25.0 Å². The van der Waals surface area contributed by atoms with Crippen molar-refractivity contribution in [2.45, 2.75) is 45.8 Å². The smallest absolute Gasteiger partial charge is 0.317 e. The molecule has 1 fully saturated rings. The summed E-state index contributed by atoms with van der Waals surface area (Å²) in [5, 5.41) is 17.5. The lowest BCUT2D eigenvalue weighted by atomic mass is 9.91. The van der Waals surface area contributed by atoms with Crippen LogP contribution in [0.15, 0.2) is 85.5 Å². The fourth-order valence-electron chi connectivity index (χ4n) is 7.16. The van der Waals surface area contributed by atoms with Gasteiger partial charge in [0, 0.05) is 79.9 Å². The number of carbonyl (C=O) groups is 1. The average molecular weight is 715 g/mol. The van der Waals surface area contributed by atoms with E-state index in [9.17, 15) is 4.79 Å². The van der Waals surface area contributed by atoms with Gasteiger partial charge in [-0.2, -0.15) is 13.5 Å². The highest BCUT2D eigenvalue weighted by molar-refractivity contribution is 7.59. The van der Waals surface area contributed by atoms with Gasteiger partial charge in [0.25, 0.3) is 0 Å². The number of rotatable bonds is 12. The third-order valence-electron chi connectivity index (χ3n) is 10.1. The van der Waals surface area contributed by atoms with Crippen molar-refractivity contribution in [3.05, 3.63) is 119 Å². The van der Waals surface area contributed by atoms with Crippen LogP contribution < -0.4 is 10.6 Å². The number of aliphatic carboxylic acids is 1. The molecule has 0 bridgehead atoms. The second kappa shape index (κ2) is 16.2. The molecule has 11 heteroatoms. The molecule has 2 aromatic carbocycles. The minimum atomic E-state index is -0.884. The van der Waals surface area contributed by atoms with Crippen LogP contribution in [0.2, 0.25) is 0 Å². The Labute approximate surface area is 311 Å². The zero-order valence-electron chi connectivity index (χ0n) is 30.1. The van der Waals surface area contributed by atoms with Crippen LogP contribution in [0.3, 0.4) is 0 Å². The Kier molecular flexibility index (Phi) is 11.5. The maximum Gasteiger partial charge on any atom is 0.317 e. The summed E-state index contributed by atoms with van der Waals surface area (Å²) in [6.45, 7) is 7.76. The van der Waals surface area contributed by atoms with Crippen LogP contribution >= 0.6 is 13.5 Å². The van der Waals surface area contributed by atoms with Gasteiger partial charge in [-0.1, -0.05) is 30.3 Å². The number of hydrogen-bond acceptors (Lipinski definition) is 9. The van der Waals surface area contributed by atoms with E-state index in [1.807, 2.05) is 36.8 Å². The van der Waals surface area contributed by atoms with E-state index in [2.05, 4.69) is 90.8 Å². The monoisotopic (exact) mass is 714 g/mol. The highest BCUT2D eigenvalue weighted by Crippen LogP contribution is 2.35. The number of benzene rings is 2. The van der Waals surface area contributed by atoms with Crippen LogP contribution in [0.5, 0.6) is 0 Å². The summed E-state index contributed by atoms with van der Waals surface area (Å²) in [4.78, 5) is 34.8. The lowest BCUT2D eigenvalue weighted by Gasteiger charge is -2.20. The van der Waals surface area contributed by atoms with Crippen molar-refractivity contribution in [2.75, 3.05) is 39.0 Å². The standard InChI is InChI=1S/C41H44N8O2.H2S/c1-26-30(19-37-39-31(11-14-43-37)17-28(21-45-39)20-42-23-38(50)51)7-5-8-34(26)35-9-6-10-36(27(35)2)47-41-40-32(12-15-44-41)18-29(22-46-40)24-49-16-13-33(25-49)48(3)4;/h5-12,14-15,17-18,21-22,33,42H,13,16,19-20,23-25H2,1-4H3,(H,44,47)(H,50,51);1H2/t33-;/m0./s1. The van der Waals surface area contributed by atoms with Crippen LogP contribution in [0.4, 0.5) is 11.5 Å². The highest BCUT2D eigenvalue weighted by Gasteiger charge is 2.24. The Balaban J connectivity index is 0.00000464. The predicted octanol–water partition coefficient (Wildman–Crippen LogP) is 6.61. The number of carboxylic acids is 1. The van der Waals surface area contributed by atoms with E-state index in [-0.39, 0.29) is 20.0 Å². The number of fused-ring (bicyclic) bond motifs is 2. The minimum absolute atomic E-state index is 0. The molecule has 1 aliphatic heterocycles. The van der Waals surface area contributed by atoms with Crippen LogP contribution in [0.1, 0.15) is 39.9 Å². The molecule has 3 N–H and O–H groups in total. The van der Waals surface area contributed by atoms with Crippen molar-refractivity contribution in [2.24, 2.45) is 0 Å². The number of aromatic nitrogens is 4. The lowest BCUT2D eigenvalue weighted by molar-refractivity contribution is -0.136. The van der Waals surface area contributed by atoms with E-state index in [1.165, 1.54) is 28.7 Å². The van der Waals surface area contributed by atoms with Gasteiger partial charge in [-0.25, -0.2) is 4.98 Å². The van der Waals surface area contributed by atoms with Gasteiger partial charge in [-0.3, -0.25) is 24.6 Å². The largest absolute Gasteiger partial charge is 0.480 e. The summed E-state index contributed by atoms with van der Waals surface area (Å²) in [5.41, 5.74) is 11.6. The third-order valence-corrected chi connectivity index (χ3v) is 10.1. The molecule has 1 aliphatic rings. The second-order valence-corrected chi connectivity index (χ2v) is 13.8. The van der Waals surface area contributed by atoms with Crippen molar-refractivity contribution in [3.8, 4) is 11.1 Å². The van der Waals surface area contributed by atoms with Crippen molar-refractivity contribution < 1.29 is 9.90 Å². The van der Waals surface area contributed by atoms with Crippen LogP contribution in [-0.2, 0) is 24.3 Å². The summed E-state index contributed by atoms with van der Waals surface area (Å²) >= 11 is 0.